The van der Waals surface area contributed by atoms with Crippen molar-refractivity contribution in [3.05, 3.63) is 35.6 Å². The van der Waals surface area contributed by atoms with Crippen molar-refractivity contribution in [3.63, 3.8) is 0 Å². The Morgan fingerprint density at radius 2 is 2.19 bits per heavy atom. The Hall–Kier alpha value is -1.81. The van der Waals surface area contributed by atoms with Crippen LogP contribution in [-0.4, -0.2) is 29.6 Å². The molecule has 21 heavy (non-hydrogen) atoms. The summed E-state index contributed by atoms with van der Waals surface area (Å²) in [6.45, 7) is 3.74. The second-order valence-corrected chi connectivity index (χ2v) is 5.99. The predicted molar refractivity (Wildman–Crippen MR) is 81.2 cm³/mol. The van der Waals surface area contributed by atoms with E-state index in [0.29, 0.717) is 5.92 Å². The van der Waals surface area contributed by atoms with Gasteiger partial charge in [0.05, 0.1) is 5.92 Å². The number of carbonyl (C=O) groups is 1. The molecule has 1 N–H and O–H groups in total. The number of fused-ring (bicyclic) bond motifs is 1. The molecule has 1 heterocycles. The maximum atomic E-state index is 10.9. The minimum absolute atomic E-state index is 0.140. The minimum atomic E-state index is -0.656. The first-order valence-electron chi connectivity index (χ1n) is 7.50. The van der Waals surface area contributed by atoms with Crippen molar-refractivity contribution in [3.8, 4) is 0 Å². The van der Waals surface area contributed by atoms with E-state index in [9.17, 15) is 4.79 Å². The SMILES string of the molecule is CCc1oc2ccccc2c1CN(C)C[C@@H]1C[C@H]1C(=O)O. The average Bonchev–Trinajstić information content (AvgIpc) is 3.14. The van der Waals surface area contributed by atoms with E-state index in [4.69, 9.17) is 9.52 Å². The third-order valence-corrected chi connectivity index (χ3v) is 4.32. The van der Waals surface area contributed by atoms with Crippen LogP contribution in [0.25, 0.3) is 11.0 Å². The maximum Gasteiger partial charge on any atom is 0.306 e. The fraction of sp³-hybridized carbons (Fsp3) is 0.471. The van der Waals surface area contributed by atoms with Gasteiger partial charge in [0.15, 0.2) is 0 Å². The van der Waals surface area contributed by atoms with Crippen LogP contribution in [0.15, 0.2) is 28.7 Å². The summed E-state index contributed by atoms with van der Waals surface area (Å²) in [5, 5.41) is 10.2. The highest BCUT2D eigenvalue weighted by molar-refractivity contribution is 5.82. The summed E-state index contributed by atoms with van der Waals surface area (Å²) in [7, 11) is 2.05. The first kappa shape index (κ1) is 14.1. The van der Waals surface area contributed by atoms with Gasteiger partial charge in [-0.1, -0.05) is 25.1 Å². The van der Waals surface area contributed by atoms with E-state index in [1.54, 1.807) is 0 Å². The zero-order valence-electron chi connectivity index (χ0n) is 12.5. The predicted octanol–water partition coefficient (Wildman–Crippen LogP) is 3.15. The summed E-state index contributed by atoms with van der Waals surface area (Å²) in [4.78, 5) is 13.1. The molecule has 0 aliphatic heterocycles. The highest BCUT2D eigenvalue weighted by Gasteiger charge is 2.43. The van der Waals surface area contributed by atoms with E-state index in [0.717, 1.165) is 37.3 Å². The van der Waals surface area contributed by atoms with E-state index >= 15 is 0 Å². The highest BCUT2D eigenvalue weighted by atomic mass is 16.4. The zero-order chi connectivity index (χ0) is 15.0. The Labute approximate surface area is 124 Å². The van der Waals surface area contributed by atoms with Crippen molar-refractivity contribution >= 4 is 16.9 Å². The molecule has 112 valence electrons. The second kappa shape index (κ2) is 5.53. The van der Waals surface area contributed by atoms with Crippen molar-refractivity contribution in [1.29, 1.82) is 0 Å². The van der Waals surface area contributed by atoms with Gasteiger partial charge in [0.2, 0.25) is 0 Å². The van der Waals surface area contributed by atoms with Crippen molar-refractivity contribution < 1.29 is 14.3 Å². The fourth-order valence-corrected chi connectivity index (χ4v) is 3.10. The number of hydrogen-bond donors (Lipinski definition) is 1. The largest absolute Gasteiger partial charge is 0.481 e. The van der Waals surface area contributed by atoms with Crippen LogP contribution < -0.4 is 0 Å². The van der Waals surface area contributed by atoms with Crippen LogP contribution >= 0.6 is 0 Å². The van der Waals surface area contributed by atoms with Crippen LogP contribution in [-0.2, 0) is 17.8 Å². The summed E-state index contributed by atoms with van der Waals surface area (Å²) < 4.78 is 5.91. The molecule has 0 amide bonds. The molecule has 2 atom stereocenters. The molecule has 0 unspecified atom stereocenters. The number of benzene rings is 1. The molecule has 0 bridgehead atoms. The number of furan rings is 1. The van der Waals surface area contributed by atoms with Gasteiger partial charge in [0, 0.05) is 30.5 Å². The van der Waals surface area contributed by atoms with Gasteiger partial charge in [0.25, 0.3) is 0 Å². The minimum Gasteiger partial charge on any atom is -0.481 e. The number of aryl methyl sites for hydroxylation is 1. The smallest absolute Gasteiger partial charge is 0.306 e. The average molecular weight is 287 g/mol. The number of para-hydroxylation sites is 1. The Morgan fingerprint density at radius 3 is 2.86 bits per heavy atom. The first-order valence-corrected chi connectivity index (χ1v) is 7.50. The van der Waals surface area contributed by atoms with Gasteiger partial charge in [-0.05, 0) is 25.5 Å². The fourth-order valence-electron chi connectivity index (χ4n) is 3.10. The quantitative estimate of drug-likeness (QED) is 0.886. The Balaban J connectivity index is 1.73. The van der Waals surface area contributed by atoms with Crippen LogP contribution in [0.5, 0.6) is 0 Å². The van der Waals surface area contributed by atoms with Gasteiger partial charge in [-0.2, -0.15) is 0 Å². The van der Waals surface area contributed by atoms with Crippen LogP contribution in [0.2, 0.25) is 0 Å². The first-order chi connectivity index (χ1) is 10.1. The molecule has 1 aliphatic rings. The number of nitrogens with zero attached hydrogens (tertiary/aromatic N) is 1. The lowest BCUT2D eigenvalue weighted by Gasteiger charge is -2.16. The number of aliphatic carboxylic acids is 1. The maximum absolute atomic E-state index is 10.9. The Morgan fingerprint density at radius 1 is 1.43 bits per heavy atom. The molecule has 4 nitrogen and oxygen atoms in total. The van der Waals surface area contributed by atoms with E-state index in [2.05, 4.69) is 24.9 Å². The van der Waals surface area contributed by atoms with Gasteiger partial charge >= 0.3 is 5.97 Å². The number of rotatable bonds is 6. The number of carboxylic acid groups (broad SMARTS) is 1. The summed E-state index contributed by atoms with van der Waals surface area (Å²) in [5.74, 6) is 0.542. The van der Waals surface area contributed by atoms with Gasteiger partial charge in [-0.25, -0.2) is 0 Å². The molecule has 1 aliphatic carbocycles. The lowest BCUT2D eigenvalue weighted by atomic mass is 10.1. The molecule has 1 fully saturated rings. The Kier molecular flexibility index (Phi) is 3.72. The molecule has 1 aromatic heterocycles. The molecular formula is C17H21NO3. The van der Waals surface area contributed by atoms with Crippen molar-refractivity contribution in [1.82, 2.24) is 4.90 Å². The monoisotopic (exact) mass is 287 g/mol. The van der Waals surface area contributed by atoms with Crippen molar-refractivity contribution in [2.24, 2.45) is 11.8 Å². The van der Waals surface area contributed by atoms with Crippen LogP contribution in [0.3, 0.4) is 0 Å². The highest BCUT2D eigenvalue weighted by Crippen LogP contribution is 2.39. The molecule has 1 saturated carbocycles. The lowest BCUT2D eigenvalue weighted by molar-refractivity contribution is -0.138. The molecule has 2 aromatic rings. The Bertz CT molecular complexity index is 661. The molecule has 3 rings (SSSR count). The van der Waals surface area contributed by atoms with Crippen molar-refractivity contribution in [2.75, 3.05) is 13.6 Å². The van der Waals surface area contributed by atoms with Gasteiger partial charge in [0.1, 0.15) is 11.3 Å². The second-order valence-electron chi connectivity index (χ2n) is 5.99. The van der Waals surface area contributed by atoms with E-state index in [-0.39, 0.29) is 5.92 Å². The topological polar surface area (TPSA) is 53.7 Å². The molecular weight excluding hydrogens is 266 g/mol. The number of hydrogen-bond acceptors (Lipinski definition) is 3. The molecule has 4 heteroatoms. The van der Waals surface area contributed by atoms with E-state index in [1.807, 2.05) is 18.2 Å². The van der Waals surface area contributed by atoms with Crippen LogP contribution in [0.4, 0.5) is 0 Å². The number of carboxylic acids is 1. The van der Waals surface area contributed by atoms with E-state index < -0.39 is 5.97 Å². The molecule has 1 aromatic carbocycles. The molecule has 0 spiro atoms. The van der Waals surface area contributed by atoms with E-state index in [1.165, 1.54) is 10.9 Å². The lowest BCUT2D eigenvalue weighted by Crippen LogP contribution is -2.22. The summed E-state index contributed by atoms with van der Waals surface area (Å²) in [6, 6.07) is 8.11. The third-order valence-electron chi connectivity index (χ3n) is 4.32. The molecule has 0 radical (unpaired) electrons. The zero-order valence-corrected chi connectivity index (χ0v) is 12.5. The van der Waals surface area contributed by atoms with Gasteiger partial charge in [-0.15, -0.1) is 0 Å². The molecule has 0 saturated heterocycles. The normalized spacial score (nSPS) is 21.1. The summed E-state index contributed by atoms with van der Waals surface area (Å²) in [6.07, 6.45) is 1.69. The third kappa shape index (κ3) is 2.81. The van der Waals surface area contributed by atoms with Crippen molar-refractivity contribution in [2.45, 2.75) is 26.3 Å². The van der Waals surface area contributed by atoms with Crippen LogP contribution in [0.1, 0.15) is 24.7 Å². The van der Waals surface area contributed by atoms with Gasteiger partial charge in [-0.3, -0.25) is 4.79 Å². The summed E-state index contributed by atoms with van der Waals surface area (Å²) >= 11 is 0. The summed E-state index contributed by atoms with van der Waals surface area (Å²) in [5.41, 5.74) is 2.18. The standard InChI is InChI=1S/C17H21NO3/c1-3-15-14(12-6-4-5-7-16(12)21-15)10-18(2)9-11-8-13(11)17(19)20/h4-7,11,13H,3,8-10H2,1-2H3,(H,19,20)/t11-,13+/m0/s1. The van der Waals surface area contributed by atoms with Gasteiger partial charge < -0.3 is 14.4 Å². The van der Waals surface area contributed by atoms with Crippen LogP contribution in [0, 0.1) is 11.8 Å².